The van der Waals surface area contributed by atoms with Gasteiger partial charge in [0.2, 0.25) is 0 Å². The first kappa shape index (κ1) is 12.2. The van der Waals surface area contributed by atoms with Crippen LogP contribution in [0.1, 0.15) is 17.3 Å². The molecule has 0 atom stereocenters. The van der Waals surface area contributed by atoms with Crippen molar-refractivity contribution in [2.45, 2.75) is 20.4 Å². The van der Waals surface area contributed by atoms with Crippen molar-refractivity contribution >= 4 is 10.2 Å². The van der Waals surface area contributed by atoms with Crippen molar-refractivity contribution in [3.05, 3.63) is 17.3 Å². The van der Waals surface area contributed by atoms with Gasteiger partial charge in [-0.2, -0.15) is 17.4 Å². The minimum Gasteiger partial charge on any atom is -0.444 e. The molecule has 0 saturated carbocycles. The van der Waals surface area contributed by atoms with Crippen molar-refractivity contribution in [2.75, 3.05) is 14.1 Å². The average molecular weight is 233 g/mol. The van der Waals surface area contributed by atoms with Crippen LogP contribution in [0.2, 0.25) is 0 Å². The third kappa shape index (κ3) is 3.01. The van der Waals surface area contributed by atoms with E-state index in [1.807, 2.05) is 0 Å². The van der Waals surface area contributed by atoms with Crippen LogP contribution in [0.3, 0.4) is 0 Å². The summed E-state index contributed by atoms with van der Waals surface area (Å²) in [7, 11) is -0.490. The molecule has 1 aromatic heterocycles. The SMILES string of the molecule is Cc1nc(C)c(CNS(=O)(=O)N(C)C)o1. The number of hydrogen-bond acceptors (Lipinski definition) is 4. The first-order valence-corrected chi connectivity index (χ1v) is 5.87. The number of aryl methyl sites for hydroxylation is 2. The van der Waals surface area contributed by atoms with E-state index in [1.165, 1.54) is 14.1 Å². The number of rotatable bonds is 4. The Morgan fingerprint density at radius 3 is 2.40 bits per heavy atom. The lowest BCUT2D eigenvalue weighted by Gasteiger charge is -2.11. The second kappa shape index (κ2) is 4.30. The molecule has 0 radical (unpaired) electrons. The minimum atomic E-state index is -3.41. The Morgan fingerprint density at radius 2 is 2.00 bits per heavy atom. The van der Waals surface area contributed by atoms with E-state index in [0.29, 0.717) is 17.3 Å². The zero-order valence-electron chi connectivity index (χ0n) is 9.23. The summed E-state index contributed by atoms with van der Waals surface area (Å²) in [6.07, 6.45) is 0. The van der Waals surface area contributed by atoms with Gasteiger partial charge >= 0.3 is 0 Å². The number of hydrogen-bond donors (Lipinski definition) is 1. The Labute approximate surface area is 89.5 Å². The normalized spacial score (nSPS) is 12.3. The molecule has 1 N–H and O–H groups in total. The second-order valence-corrected chi connectivity index (χ2v) is 5.32. The summed E-state index contributed by atoms with van der Waals surface area (Å²) >= 11 is 0. The van der Waals surface area contributed by atoms with Gasteiger partial charge in [-0.25, -0.2) is 4.98 Å². The van der Waals surface area contributed by atoms with Crippen LogP contribution in [0.25, 0.3) is 0 Å². The maximum atomic E-state index is 11.4. The number of oxazole rings is 1. The lowest BCUT2D eigenvalue weighted by molar-refractivity contribution is 0.457. The topological polar surface area (TPSA) is 75.4 Å². The van der Waals surface area contributed by atoms with E-state index >= 15 is 0 Å². The van der Waals surface area contributed by atoms with E-state index in [-0.39, 0.29) is 6.54 Å². The second-order valence-electron chi connectivity index (χ2n) is 3.35. The number of aromatic nitrogens is 1. The Morgan fingerprint density at radius 1 is 1.40 bits per heavy atom. The van der Waals surface area contributed by atoms with E-state index < -0.39 is 10.2 Å². The Balaban J connectivity index is 2.70. The van der Waals surface area contributed by atoms with Crippen molar-refractivity contribution in [2.24, 2.45) is 0 Å². The molecule has 0 spiro atoms. The van der Waals surface area contributed by atoms with Crippen LogP contribution in [0.4, 0.5) is 0 Å². The first-order chi connectivity index (χ1) is 6.83. The van der Waals surface area contributed by atoms with Crippen LogP contribution in [0, 0.1) is 13.8 Å². The van der Waals surface area contributed by atoms with Crippen LogP contribution in [0.5, 0.6) is 0 Å². The van der Waals surface area contributed by atoms with Crippen molar-refractivity contribution in [3.8, 4) is 0 Å². The highest BCUT2D eigenvalue weighted by molar-refractivity contribution is 7.87. The molecule has 1 heterocycles. The van der Waals surface area contributed by atoms with Gasteiger partial charge in [0.05, 0.1) is 12.2 Å². The van der Waals surface area contributed by atoms with Gasteiger partial charge in [-0.1, -0.05) is 0 Å². The molecule has 0 aliphatic carbocycles. The fourth-order valence-corrected chi connectivity index (χ4v) is 1.60. The Kier molecular flexibility index (Phi) is 3.48. The molecule has 0 fully saturated rings. The van der Waals surface area contributed by atoms with Crippen LogP contribution in [-0.4, -0.2) is 31.8 Å². The van der Waals surface area contributed by atoms with E-state index in [2.05, 4.69) is 9.71 Å². The van der Waals surface area contributed by atoms with Crippen molar-refractivity contribution in [1.82, 2.24) is 14.0 Å². The number of nitrogens with one attached hydrogen (secondary N) is 1. The standard InChI is InChI=1S/C8H15N3O3S/c1-6-8(14-7(2)10-6)5-9-15(12,13)11(3)4/h9H,5H2,1-4H3. The number of nitrogens with zero attached hydrogens (tertiary/aromatic N) is 2. The smallest absolute Gasteiger partial charge is 0.279 e. The summed E-state index contributed by atoms with van der Waals surface area (Å²) in [5.74, 6) is 1.07. The fourth-order valence-electron chi connectivity index (χ4n) is 1.02. The fraction of sp³-hybridized carbons (Fsp3) is 0.625. The molecule has 0 bridgehead atoms. The summed E-state index contributed by atoms with van der Waals surface area (Å²) in [5.41, 5.74) is 0.703. The predicted molar refractivity (Wildman–Crippen MR) is 55.4 cm³/mol. The van der Waals surface area contributed by atoms with Crippen molar-refractivity contribution in [3.63, 3.8) is 0 Å². The molecule has 0 amide bonds. The summed E-state index contributed by atoms with van der Waals surface area (Å²) < 4.78 is 31.5. The minimum absolute atomic E-state index is 0.118. The zero-order valence-corrected chi connectivity index (χ0v) is 10.1. The van der Waals surface area contributed by atoms with E-state index in [0.717, 1.165) is 4.31 Å². The average Bonchev–Trinajstić information content (AvgIpc) is 2.41. The maximum Gasteiger partial charge on any atom is 0.279 e. The van der Waals surface area contributed by atoms with Gasteiger partial charge in [0.15, 0.2) is 5.89 Å². The highest BCUT2D eigenvalue weighted by atomic mass is 32.2. The quantitative estimate of drug-likeness (QED) is 0.805. The molecule has 1 rings (SSSR count). The molecule has 0 aliphatic rings. The molecular formula is C8H15N3O3S. The van der Waals surface area contributed by atoms with E-state index in [1.54, 1.807) is 13.8 Å². The van der Waals surface area contributed by atoms with E-state index in [9.17, 15) is 8.42 Å². The lowest BCUT2D eigenvalue weighted by Crippen LogP contribution is -2.35. The Bertz CT molecular complexity index is 436. The Hall–Kier alpha value is -0.920. The highest BCUT2D eigenvalue weighted by Gasteiger charge is 2.15. The van der Waals surface area contributed by atoms with Gasteiger partial charge in [-0.3, -0.25) is 0 Å². The van der Waals surface area contributed by atoms with Crippen LogP contribution in [0.15, 0.2) is 4.42 Å². The lowest BCUT2D eigenvalue weighted by atomic mass is 10.4. The summed E-state index contributed by atoms with van der Waals surface area (Å²) in [6, 6.07) is 0. The zero-order chi connectivity index (χ0) is 11.6. The summed E-state index contributed by atoms with van der Waals surface area (Å²) in [6.45, 7) is 3.61. The van der Waals surface area contributed by atoms with Crippen LogP contribution >= 0.6 is 0 Å². The van der Waals surface area contributed by atoms with Crippen molar-refractivity contribution in [1.29, 1.82) is 0 Å². The van der Waals surface area contributed by atoms with Gasteiger partial charge < -0.3 is 4.42 Å². The molecule has 86 valence electrons. The molecule has 15 heavy (non-hydrogen) atoms. The molecule has 6 nitrogen and oxygen atoms in total. The van der Waals surface area contributed by atoms with Gasteiger partial charge in [-0.05, 0) is 6.92 Å². The first-order valence-electron chi connectivity index (χ1n) is 4.43. The monoisotopic (exact) mass is 233 g/mol. The van der Waals surface area contributed by atoms with Gasteiger partial charge in [0.1, 0.15) is 5.76 Å². The van der Waals surface area contributed by atoms with Crippen molar-refractivity contribution < 1.29 is 12.8 Å². The highest BCUT2D eigenvalue weighted by Crippen LogP contribution is 2.09. The van der Waals surface area contributed by atoms with Gasteiger partial charge in [-0.15, -0.1) is 0 Å². The van der Waals surface area contributed by atoms with E-state index in [4.69, 9.17) is 4.42 Å². The molecule has 0 aliphatic heterocycles. The predicted octanol–water partition coefficient (Wildman–Crippen LogP) is 0.187. The third-order valence-corrected chi connectivity index (χ3v) is 3.37. The molecular weight excluding hydrogens is 218 g/mol. The molecule has 0 aromatic carbocycles. The summed E-state index contributed by atoms with van der Waals surface area (Å²) in [5, 5.41) is 0. The van der Waals surface area contributed by atoms with Crippen LogP contribution in [-0.2, 0) is 16.8 Å². The van der Waals surface area contributed by atoms with Crippen LogP contribution < -0.4 is 4.72 Å². The maximum absolute atomic E-state index is 11.4. The van der Waals surface area contributed by atoms with Gasteiger partial charge in [0.25, 0.3) is 10.2 Å². The molecule has 1 aromatic rings. The summed E-state index contributed by atoms with van der Waals surface area (Å²) in [4.78, 5) is 4.04. The largest absolute Gasteiger partial charge is 0.444 e. The molecule has 0 saturated heterocycles. The third-order valence-electron chi connectivity index (χ3n) is 1.90. The molecule has 7 heteroatoms. The molecule has 0 unspecified atom stereocenters. The van der Waals surface area contributed by atoms with Gasteiger partial charge in [0, 0.05) is 21.0 Å².